The monoisotopic (exact) mass is 389 g/mol. The van der Waals surface area contributed by atoms with Gasteiger partial charge in [-0.3, -0.25) is 0 Å². The summed E-state index contributed by atoms with van der Waals surface area (Å²) in [5, 5.41) is 3.71. The molecule has 1 heterocycles. The lowest BCUT2D eigenvalue weighted by molar-refractivity contribution is 0.157. The van der Waals surface area contributed by atoms with Crippen molar-refractivity contribution in [3.63, 3.8) is 0 Å². The molecule has 0 amide bonds. The molecule has 0 radical (unpaired) electrons. The van der Waals surface area contributed by atoms with E-state index in [2.05, 4.69) is 27.3 Å². The lowest BCUT2D eigenvalue weighted by atomic mass is 9.69. The maximum absolute atomic E-state index is 6.17. The lowest BCUT2D eigenvalue weighted by Crippen LogP contribution is -2.30. The second kappa shape index (κ2) is 7.33. The van der Waals surface area contributed by atoms with Gasteiger partial charge in [0, 0.05) is 15.4 Å². The third kappa shape index (κ3) is 4.70. The Morgan fingerprint density at radius 3 is 2.62 bits per heavy atom. The van der Waals surface area contributed by atoms with Gasteiger partial charge in [0.05, 0.1) is 0 Å². The lowest BCUT2D eigenvalue weighted by Gasteiger charge is -2.38. The Hall–Kier alpha value is 0.430. The number of thiophene rings is 1. The van der Waals surface area contributed by atoms with E-state index < -0.39 is 0 Å². The highest BCUT2D eigenvalue weighted by atomic mass is 79.9. The minimum Gasteiger partial charge on any atom is -0.314 e. The highest BCUT2D eigenvalue weighted by molar-refractivity contribution is 9.10. The van der Waals surface area contributed by atoms with Gasteiger partial charge in [-0.15, -0.1) is 11.3 Å². The van der Waals surface area contributed by atoms with Gasteiger partial charge in [-0.2, -0.15) is 0 Å². The summed E-state index contributed by atoms with van der Waals surface area (Å²) in [5.74, 6) is 0. The first-order valence-electron chi connectivity index (χ1n) is 8.34. The molecular weight excluding hydrogens is 366 g/mol. The molecular formula is C17H25BrClNS. The summed E-state index contributed by atoms with van der Waals surface area (Å²) >= 11 is 11.4. The Kier molecular flexibility index (Phi) is 5.69. The Morgan fingerprint density at radius 1 is 1.24 bits per heavy atom. The molecule has 0 unspecified atom stereocenters. The van der Waals surface area contributed by atoms with E-state index in [4.69, 9.17) is 11.6 Å². The Bertz CT molecular complexity index is 444. The number of hydrogen-bond donors (Lipinski definition) is 1. The number of aryl methyl sites for hydroxylation is 1. The van der Waals surface area contributed by atoms with Gasteiger partial charge in [-0.05, 0) is 78.9 Å². The van der Waals surface area contributed by atoms with E-state index in [9.17, 15) is 0 Å². The van der Waals surface area contributed by atoms with Crippen LogP contribution in [-0.2, 0) is 6.42 Å². The van der Waals surface area contributed by atoms with Gasteiger partial charge in [0.15, 0.2) is 0 Å². The second-order valence-electron chi connectivity index (χ2n) is 6.87. The van der Waals surface area contributed by atoms with Gasteiger partial charge in [-0.25, -0.2) is 0 Å². The fourth-order valence-corrected chi connectivity index (χ4v) is 5.45. The summed E-state index contributed by atoms with van der Waals surface area (Å²) in [6.45, 7) is 1.22. The average Bonchev–Trinajstić information content (AvgIpc) is 3.24. The molecule has 0 aromatic carbocycles. The SMILES string of the molecule is Clc1sc(CCC2(CCNC3CC3)CCCCC2)cc1Br. The van der Waals surface area contributed by atoms with Crippen molar-refractivity contribution < 1.29 is 0 Å². The molecule has 3 rings (SSSR count). The van der Waals surface area contributed by atoms with E-state index in [0.717, 1.165) is 14.9 Å². The second-order valence-corrected chi connectivity index (χ2v) is 9.47. The summed E-state index contributed by atoms with van der Waals surface area (Å²) in [5.41, 5.74) is 0.586. The van der Waals surface area contributed by atoms with Crippen LogP contribution in [0, 0.1) is 5.41 Å². The highest BCUT2D eigenvalue weighted by Gasteiger charge is 2.32. The van der Waals surface area contributed by atoms with Crippen LogP contribution >= 0.6 is 38.9 Å². The van der Waals surface area contributed by atoms with Gasteiger partial charge < -0.3 is 5.32 Å². The zero-order valence-corrected chi connectivity index (χ0v) is 15.8. The maximum Gasteiger partial charge on any atom is 0.107 e. The van der Waals surface area contributed by atoms with Crippen LogP contribution in [0.15, 0.2) is 10.5 Å². The van der Waals surface area contributed by atoms with Gasteiger partial charge in [-0.1, -0.05) is 30.9 Å². The molecule has 21 heavy (non-hydrogen) atoms. The number of rotatable bonds is 7. The molecule has 2 aliphatic rings. The van der Waals surface area contributed by atoms with Crippen LogP contribution in [0.4, 0.5) is 0 Å². The summed E-state index contributed by atoms with van der Waals surface area (Å²) in [4.78, 5) is 1.44. The molecule has 0 atom stereocenters. The quantitative estimate of drug-likeness (QED) is 0.585. The number of halogens is 2. The Morgan fingerprint density at radius 2 is 2.00 bits per heavy atom. The van der Waals surface area contributed by atoms with Gasteiger partial charge in [0.25, 0.3) is 0 Å². The van der Waals surface area contributed by atoms with Crippen molar-refractivity contribution in [3.05, 3.63) is 19.8 Å². The standard InChI is InChI=1S/C17H25BrClNS/c18-15-12-14(21-16(15)19)6-9-17(7-2-1-3-8-17)10-11-20-13-4-5-13/h12-13,20H,1-11H2. The van der Waals surface area contributed by atoms with Crippen LogP contribution in [0.2, 0.25) is 4.34 Å². The molecule has 118 valence electrons. The van der Waals surface area contributed by atoms with E-state index in [1.807, 2.05) is 0 Å². The van der Waals surface area contributed by atoms with Crippen molar-refractivity contribution in [2.45, 2.75) is 70.3 Å². The van der Waals surface area contributed by atoms with Crippen molar-refractivity contribution in [1.82, 2.24) is 5.32 Å². The van der Waals surface area contributed by atoms with Crippen LogP contribution in [0.3, 0.4) is 0 Å². The predicted molar refractivity (Wildman–Crippen MR) is 96.5 cm³/mol. The van der Waals surface area contributed by atoms with Crippen molar-refractivity contribution in [1.29, 1.82) is 0 Å². The summed E-state index contributed by atoms with van der Waals surface area (Å²) in [6, 6.07) is 3.06. The van der Waals surface area contributed by atoms with E-state index in [1.54, 1.807) is 11.3 Å². The van der Waals surface area contributed by atoms with E-state index in [1.165, 1.54) is 75.6 Å². The zero-order chi connectivity index (χ0) is 14.7. The van der Waals surface area contributed by atoms with E-state index >= 15 is 0 Å². The predicted octanol–water partition coefficient (Wildman–Crippen LogP) is 6.19. The maximum atomic E-state index is 6.17. The summed E-state index contributed by atoms with van der Waals surface area (Å²) in [6.07, 6.45) is 13.8. The molecule has 1 aromatic rings. The van der Waals surface area contributed by atoms with Crippen LogP contribution in [0.5, 0.6) is 0 Å². The molecule has 0 bridgehead atoms. The average molecular weight is 391 g/mol. The first-order chi connectivity index (χ1) is 10.2. The van der Waals surface area contributed by atoms with Crippen LogP contribution in [0.25, 0.3) is 0 Å². The number of hydrogen-bond acceptors (Lipinski definition) is 2. The molecule has 0 saturated heterocycles. The van der Waals surface area contributed by atoms with E-state index in [0.29, 0.717) is 5.41 Å². The van der Waals surface area contributed by atoms with E-state index in [-0.39, 0.29) is 0 Å². The summed E-state index contributed by atoms with van der Waals surface area (Å²) in [7, 11) is 0. The first-order valence-corrected chi connectivity index (χ1v) is 10.3. The molecule has 1 nitrogen and oxygen atoms in total. The van der Waals surface area contributed by atoms with Crippen molar-refractivity contribution >= 4 is 38.9 Å². The van der Waals surface area contributed by atoms with Crippen LogP contribution in [-0.4, -0.2) is 12.6 Å². The minimum absolute atomic E-state index is 0.586. The molecule has 0 aliphatic heterocycles. The van der Waals surface area contributed by atoms with Gasteiger partial charge in [0.1, 0.15) is 4.34 Å². The largest absolute Gasteiger partial charge is 0.314 e. The molecule has 4 heteroatoms. The van der Waals surface area contributed by atoms with Crippen molar-refractivity contribution in [2.75, 3.05) is 6.54 Å². The fraction of sp³-hybridized carbons (Fsp3) is 0.765. The fourth-order valence-electron chi connectivity index (χ4n) is 3.66. The Balaban J connectivity index is 1.55. The van der Waals surface area contributed by atoms with Crippen molar-refractivity contribution in [2.24, 2.45) is 5.41 Å². The van der Waals surface area contributed by atoms with Gasteiger partial charge >= 0.3 is 0 Å². The number of nitrogens with one attached hydrogen (secondary N) is 1. The topological polar surface area (TPSA) is 12.0 Å². The molecule has 0 spiro atoms. The zero-order valence-electron chi connectivity index (χ0n) is 12.6. The van der Waals surface area contributed by atoms with Gasteiger partial charge in [0.2, 0.25) is 0 Å². The molecule has 2 saturated carbocycles. The summed E-state index contributed by atoms with van der Waals surface area (Å²) < 4.78 is 1.97. The molecule has 1 aromatic heterocycles. The highest BCUT2D eigenvalue weighted by Crippen LogP contribution is 2.44. The van der Waals surface area contributed by atoms with Crippen molar-refractivity contribution in [3.8, 4) is 0 Å². The van der Waals surface area contributed by atoms with Crippen LogP contribution < -0.4 is 5.32 Å². The Labute approximate surface area is 146 Å². The van der Waals surface area contributed by atoms with Crippen LogP contribution in [0.1, 0.15) is 62.7 Å². The molecule has 2 aliphatic carbocycles. The molecule has 1 N–H and O–H groups in total. The first kappa shape index (κ1) is 16.3. The third-order valence-corrected chi connectivity index (χ3v) is 7.71. The minimum atomic E-state index is 0.586. The normalized spacial score (nSPS) is 21.6. The third-order valence-electron chi connectivity index (χ3n) is 5.18. The smallest absolute Gasteiger partial charge is 0.107 e. The molecule has 2 fully saturated rings.